The Hall–Kier alpha value is -3.33. The van der Waals surface area contributed by atoms with Gasteiger partial charge in [-0.15, -0.1) is 10.2 Å². The Morgan fingerprint density at radius 3 is 2.34 bits per heavy atom. The van der Waals surface area contributed by atoms with Gasteiger partial charge in [0.1, 0.15) is 0 Å². The lowest BCUT2D eigenvalue weighted by atomic mass is 10.1. The third-order valence-corrected chi connectivity index (χ3v) is 6.79. The lowest BCUT2D eigenvalue weighted by Crippen LogP contribution is -2.30. The van der Waals surface area contributed by atoms with E-state index >= 15 is 0 Å². The minimum Gasteiger partial charge on any atom is -0.493 e. The molecule has 4 rings (SSSR count). The highest BCUT2D eigenvalue weighted by molar-refractivity contribution is 7.92. The van der Waals surface area contributed by atoms with E-state index in [2.05, 4.69) is 19.8 Å². The van der Waals surface area contributed by atoms with Crippen LogP contribution in [-0.2, 0) is 10.0 Å². The van der Waals surface area contributed by atoms with Gasteiger partial charge in [-0.2, -0.15) is 0 Å². The number of aromatic nitrogens is 2. The molecule has 0 radical (unpaired) electrons. The highest BCUT2D eigenvalue weighted by atomic mass is 32.2. The number of hydrogen-bond acceptors (Lipinski definition) is 7. The summed E-state index contributed by atoms with van der Waals surface area (Å²) in [6.07, 6.45) is 3.60. The predicted octanol–water partition coefficient (Wildman–Crippen LogP) is 3.95. The summed E-state index contributed by atoms with van der Waals surface area (Å²) in [7, 11) is -0.861. The highest BCUT2D eigenvalue weighted by Crippen LogP contribution is 2.30. The summed E-state index contributed by atoms with van der Waals surface area (Å²) < 4.78 is 38.8. The molecule has 0 saturated carbocycles. The molecule has 9 heteroatoms. The second kappa shape index (κ2) is 9.44. The average Bonchev–Trinajstić information content (AvgIpc) is 2.84. The van der Waals surface area contributed by atoms with Gasteiger partial charge >= 0.3 is 0 Å². The number of piperidine rings is 1. The first-order chi connectivity index (χ1) is 15.5. The molecular formula is C23H26N4O4S. The van der Waals surface area contributed by atoms with Gasteiger partial charge in [-0.05, 0) is 55.7 Å². The summed E-state index contributed by atoms with van der Waals surface area (Å²) in [5.41, 5.74) is 1.88. The van der Waals surface area contributed by atoms with Crippen LogP contribution in [0.1, 0.15) is 19.3 Å². The van der Waals surface area contributed by atoms with Crippen molar-refractivity contribution < 1.29 is 17.9 Å². The van der Waals surface area contributed by atoms with Crippen molar-refractivity contribution >= 4 is 21.5 Å². The standard InChI is InChI=1S/C23H26N4O4S/c1-30-21-11-9-19(16-22(21)31-2)32(28,29)26-18-8-6-7-17(15-18)20-10-12-23(25-24-20)27-13-4-3-5-14-27/h6-12,15-16,26H,3-5,13-14H2,1-2H3. The number of nitrogens with one attached hydrogen (secondary N) is 1. The molecule has 8 nitrogen and oxygen atoms in total. The highest BCUT2D eigenvalue weighted by Gasteiger charge is 2.18. The van der Waals surface area contributed by atoms with E-state index in [0.717, 1.165) is 24.5 Å². The van der Waals surface area contributed by atoms with Crippen LogP contribution in [0.25, 0.3) is 11.3 Å². The number of anilines is 2. The summed E-state index contributed by atoms with van der Waals surface area (Å²) in [6, 6.07) is 15.4. The molecule has 1 aromatic heterocycles. The van der Waals surface area contributed by atoms with Crippen LogP contribution in [0, 0.1) is 0 Å². The third kappa shape index (κ3) is 4.77. The molecule has 1 fully saturated rings. The molecule has 1 aliphatic rings. The molecule has 0 atom stereocenters. The van der Waals surface area contributed by atoms with Crippen molar-refractivity contribution in [3.8, 4) is 22.8 Å². The second-order valence-electron chi connectivity index (χ2n) is 7.53. The number of sulfonamides is 1. The molecule has 0 amide bonds. The monoisotopic (exact) mass is 454 g/mol. The van der Waals surface area contributed by atoms with Gasteiger partial charge in [0.25, 0.3) is 10.0 Å². The molecule has 2 aromatic carbocycles. The van der Waals surface area contributed by atoms with Crippen LogP contribution < -0.4 is 19.1 Å². The molecule has 0 unspecified atom stereocenters. The van der Waals surface area contributed by atoms with Gasteiger partial charge in [-0.3, -0.25) is 4.72 Å². The van der Waals surface area contributed by atoms with E-state index in [1.165, 1.54) is 45.6 Å². The Labute approximate surface area is 188 Å². The third-order valence-electron chi connectivity index (χ3n) is 5.41. The Bertz CT molecular complexity index is 1180. The fraction of sp³-hybridized carbons (Fsp3) is 0.304. The van der Waals surface area contributed by atoms with Crippen molar-refractivity contribution in [2.75, 3.05) is 36.9 Å². The van der Waals surface area contributed by atoms with E-state index in [4.69, 9.17) is 9.47 Å². The SMILES string of the molecule is COc1ccc(S(=O)(=O)Nc2cccc(-c3ccc(N4CCCCC4)nn3)c2)cc1OC. The molecule has 2 heterocycles. The summed E-state index contributed by atoms with van der Waals surface area (Å²) >= 11 is 0. The zero-order valence-corrected chi connectivity index (χ0v) is 18.9. The molecule has 0 aliphatic carbocycles. The summed E-state index contributed by atoms with van der Waals surface area (Å²) in [5, 5.41) is 8.74. The Balaban J connectivity index is 1.54. The van der Waals surface area contributed by atoms with Gasteiger partial charge in [0.2, 0.25) is 0 Å². The van der Waals surface area contributed by atoms with Crippen LogP contribution in [0.3, 0.4) is 0 Å². The molecule has 1 N–H and O–H groups in total. The minimum atomic E-state index is -3.82. The molecule has 0 spiro atoms. The largest absolute Gasteiger partial charge is 0.493 e. The summed E-state index contributed by atoms with van der Waals surface area (Å²) in [6.45, 7) is 2.00. The van der Waals surface area contributed by atoms with E-state index in [-0.39, 0.29) is 4.90 Å². The molecule has 0 bridgehead atoms. The first-order valence-electron chi connectivity index (χ1n) is 10.4. The Morgan fingerprint density at radius 2 is 1.66 bits per heavy atom. The van der Waals surface area contributed by atoms with Crippen LogP contribution in [0.15, 0.2) is 59.5 Å². The lowest BCUT2D eigenvalue weighted by Gasteiger charge is -2.27. The van der Waals surface area contributed by atoms with Gasteiger partial charge < -0.3 is 14.4 Å². The minimum absolute atomic E-state index is 0.0752. The predicted molar refractivity (Wildman–Crippen MR) is 124 cm³/mol. The normalized spacial score (nSPS) is 14.1. The number of benzene rings is 2. The van der Waals surface area contributed by atoms with E-state index in [9.17, 15) is 8.42 Å². The molecule has 32 heavy (non-hydrogen) atoms. The quantitative estimate of drug-likeness (QED) is 0.578. The van der Waals surface area contributed by atoms with Gasteiger partial charge in [-0.25, -0.2) is 8.42 Å². The number of methoxy groups -OCH3 is 2. The van der Waals surface area contributed by atoms with Crippen molar-refractivity contribution in [3.05, 3.63) is 54.6 Å². The summed E-state index contributed by atoms with van der Waals surface area (Å²) in [4.78, 5) is 2.32. The van der Waals surface area contributed by atoms with Gasteiger partial charge in [-0.1, -0.05) is 12.1 Å². The first kappa shape index (κ1) is 21.9. The maximum Gasteiger partial charge on any atom is 0.262 e. The number of hydrogen-bond donors (Lipinski definition) is 1. The lowest BCUT2D eigenvalue weighted by molar-refractivity contribution is 0.354. The fourth-order valence-corrected chi connectivity index (χ4v) is 4.78. The maximum atomic E-state index is 12.9. The van der Waals surface area contributed by atoms with Crippen molar-refractivity contribution in [2.45, 2.75) is 24.2 Å². The molecule has 1 aliphatic heterocycles. The first-order valence-corrected chi connectivity index (χ1v) is 11.9. The van der Waals surface area contributed by atoms with Gasteiger partial charge in [0, 0.05) is 30.4 Å². The number of rotatable bonds is 7. The smallest absolute Gasteiger partial charge is 0.262 e. The van der Waals surface area contributed by atoms with Crippen LogP contribution in [-0.4, -0.2) is 45.9 Å². The van der Waals surface area contributed by atoms with E-state index in [1.54, 1.807) is 24.3 Å². The maximum absolute atomic E-state index is 12.9. The van der Waals surface area contributed by atoms with Crippen molar-refractivity contribution in [1.29, 1.82) is 0 Å². The van der Waals surface area contributed by atoms with Gasteiger partial charge in [0.05, 0.1) is 24.8 Å². The van der Waals surface area contributed by atoms with Crippen molar-refractivity contribution in [2.24, 2.45) is 0 Å². The zero-order valence-electron chi connectivity index (χ0n) is 18.1. The fourth-order valence-electron chi connectivity index (χ4n) is 3.71. The van der Waals surface area contributed by atoms with Crippen LogP contribution in [0.5, 0.6) is 11.5 Å². The average molecular weight is 455 g/mol. The van der Waals surface area contributed by atoms with E-state index in [1.807, 2.05) is 18.2 Å². The number of ether oxygens (including phenoxy) is 2. The van der Waals surface area contributed by atoms with Gasteiger partial charge in [0.15, 0.2) is 17.3 Å². The topological polar surface area (TPSA) is 93.7 Å². The molecule has 3 aromatic rings. The molecular weight excluding hydrogens is 428 g/mol. The van der Waals surface area contributed by atoms with Crippen molar-refractivity contribution in [1.82, 2.24) is 10.2 Å². The zero-order chi connectivity index (χ0) is 22.6. The van der Waals surface area contributed by atoms with E-state index in [0.29, 0.717) is 22.9 Å². The summed E-state index contributed by atoms with van der Waals surface area (Å²) in [5.74, 6) is 1.67. The van der Waals surface area contributed by atoms with E-state index < -0.39 is 10.0 Å². The van der Waals surface area contributed by atoms with Crippen LogP contribution >= 0.6 is 0 Å². The molecule has 1 saturated heterocycles. The Kier molecular flexibility index (Phi) is 6.45. The van der Waals surface area contributed by atoms with Crippen LogP contribution in [0.2, 0.25) is 0 Å². The Morgan fingerprint density at radius 1 is 0.875 bits per heavy atom. The molecule has 168 valence electrons. The van der Waals surface area contributed by atoms with Crippen LogP contribution in [0.4, 0.5) is 11.5 Å². The second-order valence-corrected chi connectivity index (χ2v) is 9.21. The number of nitrogens with zero attached hydrogens (tertiary/aromatic N) is 3. The van der Waals surface area contributed by atoms with Crippen molar-refractivity contribution in [3.63, 3.8) is 0 Å².